The predicted molar refractivity (Wildman–Crippen MR) is 91.2 cm³/mol. The lowest BCUT2D eigenvalue weighted by atomic mass is 10.2. The van der Waals surface area contributed by atoms with Crippen molar-refractivity contribution in [3.05, 3.63) is 57.6 Å². The molecule has 2 heterocycles. The lowest BCUT2D eigenvalue weighted by Gasteiger charge is -2.09. The summed E-state index contributed by atoms with van der Waals surface area (Å²) in [4.78, 5) is 7.72. The summed E-state index contributed by atoms with van der Waals surface area (Å²) in [5.74, 6) is 0.474. The first-order valence-electron chi connectivity index (χ1n) is 6.57. The summed E-state index contributed by atoms with van der Waals surface area (Å²) in [7, 11) is 0. The van der Waals surface area contributed by atoms with Crippen LogP contribution in [0.25, 0.3) is 11.0 Å². The van der Waals surface area contributed by atoms with Gasteiger partial charge in [-0.05, 0) is 53.0 Å². The van der Waals surface area contributed by atoms with Crippen LogP contribution in [-0.4, -0.2) is 9.97 Å². The maximum absolute atomic E-state index is 12.9. The number of hydrogen-bond donors (Lipinski definition) is 1. The molecule has 0 aliphatic carbocycles. The number of aryl methyl sites for hydroxylation is 2. The number of halogens is 3. The van der Waals surface area contributed by atoms with Crippen LogP contribution in [0.15, 0.2) is 34.9 Å². The molecule has 0 saturated heterocycles. The van der Waals surface area contributed by atoms with Crippen molar-refractivity contribution in [2.75, 3.05) is 0 Å². The molecule has 6 heteroatoms. The molecule has 0 fully saturated rings. The van der Waals surface area contributed by atoms with Gasteiger partial charge in [0.05, 0.1) is 9.99 Å². The van der Waals surface area contributed by atoms with Crippen molar-refractivity contribution in [3.8, 4) is 5.75 Å². The molecular weight excluding hydrogens is 371 g/mol. The molecule has 116 valence electrons. The van der Waals surface area contributed by atoms with Crippen molar-refractivity contribution in [1.82, 2.24) is 9.97 Å². The molecule has 3 aromatic rings. The Labute approximate surface area is 142 Å². The van der Waals surface area contributed by atoms with E-state index in [0.717, 1.165) is 38.1 Å². The second kappa shape index (κ2) is 6.67. The summed E-state index contributed by atoms with van der Waals surface area (Å²) in [6.45, 7) is 4.41. The van der Waals surface area contributed by atoms with Gasteiger partial charge in [0.25, 0.3) is 0 Å². The van der Waals surface area contributed by atoms with E-state index >= 15 is 0 Å². The fraction of sp³-hybridized carbons (Fsp3) is 0.188. The van der Waals surface area contributed by atoms with E-state index in [-0.39, 0.29) is 18.2 Å². The number of ether oxygens (including phenoxy) is 1. The fourth-order valence-electron chi connectivity index (χ4n) is 2.21. The van der Waals surface area contributed by atoms with Crippen LogP contribution in [0.1, 0.15) is 16.8 Å². The van der Waals surface area contributed by atoms with Gasteiger partial charge < -0.3 is 9.72 Å². The molecule has 0 radical (unpaired) electrons. The third-order valence-electron chi connectivity index (χ3n) is 3.51. The van der Waals surface area contributed by atoms with Crippen LogP contribution in [0.2, 0.25) is 0 Å². The van der Waals surface area contributed by atoms with Crippen LogP contribution in [0.3, 0.4) is 0 Å². The number of hydrogen-bond acceptors (Lipinski definition) is 2. The Bertz CT molecular complexity index is 802. The number of H-pyrrole nitrogens is 1. The molecule has 2 aromatic heterocycles. The standard InChI is InChI=1S/C16H14BrFN2O.ClH/c1-9-10(2)20-15-14(9)19-7-13(17)16(15)21-8-11-3-5-12(18)6-4-11;/h3-7,20H,8H2,1-2H3;1H. The molecule has 3 rings (SSSR count). The van der Waals surface area contributed by atoms with Crippen LogP contribution in [0.4, 0.5) is 4.39 Å². The van der Waals surface area contributed by atoms with Gasteiger partial charge in [-0.15, -0.1) is 12.4 Å². The molecule has 1 aromatic carbocycles. The van der Waals surface area contributed by atoms with Crippen LogP contribution in [0.5, 0.6) is 5.75 Å². The number of aromatic amines is 1. The van der Waals surface area contributed by atoms with Crippen molar-refractivity contribution >= 4 is 39.4 Å². The molecule has 1 N–H and O–H groups in total. The van der Waals surface area contributed by atoms with Gasteiger partial charge in [0.2, 0.25) is 0 Å². The number of nitrogens with zero attached hydrogens (tertiary/aromatic N) is 1. The highest BCUT2D eigenvalue weighted by Crippen LogP contribution is 2.34. The fourth-order valence-corrected chi connectivity index (χ4v) is 2.62. The largest absolute Gasteiger partial charge is 0.485 e. The van der Waals surface area contributed by atoms with Crippen molar-refractivity contribution < 1.29 is 9.13 Å². The molecular formula is C16H15BrClFN2O. The van der Waals surface area contributed by atoms with Gasteiger partial charge in [0, 0.05) is 11.9 Å². The zero-order valence-corrected chi connectivity index (χ0v) is 14.5. The van der Waals surface area contributed by atoms with Crippen molar-refractivity contribution in [1.29, 1.82) is 0 Å². The summed E-state index contributed by atoms with van der Waals surface area (Å²) in [5, 5.41) is 0. The van der Waals surface area contributed by atoms with E-state index in [1.54, 1.807) is 18.3 Å². The Morgan fingerprint density at radius 3 is 2.59 bits per heavy atom. The summed E-state index contributed by atoms with van der Waals surface area (Å²) < 4.78 is 19.6. The number of pyridine rings is 1. The highest BCUT2D eigenvalue weighted by atomic mass is 79.9. The minimum atomic E-state index is -0.248. The second-order valence-corrected chi connectivity index (χ2v) is 5.80. The van der Waals surface area contributed by atoms with E-state index in [1.165, 1.54) is 12.1 Å². The van der Waals surface area contributed by atoms with Crippen molar-refractivity contribution in [3.63, 3.8) is 0 Å². The molecule has 0 aliphatic rings. The van der Waals surface area contributed by atoms with Crippen molar-refractivity contribution in [2.45, 2.75) is 20.5 Å². The predicted octanol–water partition coefficient (Wildman–Crippen LogP) is 5.08. The maximum atomic E-state index is 12.9. The average molecular weight is 386 g/mol. The minimum Gasteiger partial charge on any atom is -0.485 e. The third kappa shape index (κ3) is 3.10. The average Bonchev–Trinajstić information content (AvgIpc) is 2.75. The van der Waals surface area contributed by atoms with Gasteiger partial charge in [-0.1, -0.05) is 12.1 Å². The topological polar surface area (TPSA) is 37.9 Å². The number of rotatable bonds is 3. The first-order chi connectivity index (χ1) is 10.1. The van der Waals surface area contributed by atoms with E-state index in [9.17, 15) is 4.39 Å². The SMILES string of the molecule is Cc1[nH]c2c(OCc3ccc(F)cc3)c(Br)cnc2c1C.Cl. The number of nitrogens with one attached hydrogen (secondary N) is 1. The van der Waals surface area contributed by atoms with Crippen LogP contribution in [-0.2, 0) is 6.61 Å². The van der Waals surface area contributed by atoms with E-state index < -0.39 is 0 Å². The van der Waals surface area contributed by atoms with Gasteiger partial charge >= 0.3 is 0 Å². The monoisotopic (exact) mass is 384 g/mol. The smallest absolute Gasteiger partial charge is 0.161 e. The van der Waals surface area contributed by atoms with Gasteiger partial charge in [0.15, 0.2) is 5.75 Å². The molecule has 0 amide bonds. The van der Waals surface area contributed by atoms with Crippen molar-refractivity contribution in [2.24, 2.45) is 0 Å². The zero-order valence-electron chi connectivity index (χ0n) is 12.1. The first-order valence-corrected chi connectivity index (χ1v) is 7.36. The normalized spacial score (nSPS) is 10.5. The highest BCUT2D eigenvalue weighted by Gasteiger charge is 2.14. The molecule has 22 heavy (non-hydrogen) atoms. The van der Waals surface area contributed by atoms with E-state index in [4.69, 9.17) is 4.74 Å². The first kappa shape index (κ1) is 16.8. The summed E-state index contributed by atoms with van der Waals surface area (Å²) in [6.07, 6.45) is 1.74. The molecule has 0 unspecified atom stereocenters. The Balaban J connectivity index is 0.00000176. The van der Waals surface area contributed by atoms with Crippen LogP contribution >= 0.6 is 28.3 Å². The summed E-state index contributed by atoms with van der Waals surface area (Å²) >= 11 is 3.47. The second-order valence-electron chi connectivity index (χ2n) is 4.95. The van der Waals surface area contributed by atoms with Crippen LogP contribution in [0, 0.1) is 19.7 Å². The number of fused-ring (bicyclic) bond motifs is 1. The molecule has 0 bridgehead atoms. The molecule has 0 aliphatic heterocycles. The van der Waals surface area contributed by atoms with E-state index in [1.807, 2.05) is 13.8 Å². The van der Waals surface area contributed by atoms with Gasteiger partial charge in [-0.2, -0.15) is 0 Å². The summed E-state index contributed by atoms with van der Waals surface area (Å²) in [6, 6.07) is 6.29. The third-order valence-corrected chi connectivity index (χ3v) is 4.08. The minimum absolute atomic E-state index is 0. The Morgan fingerprint density at radius 1 is 1.23 bits per heavy atom. The molecule has 3 nitrogen and oxygen atoms in total. The lowest BCUT2D eigenvalue weighted by Crippen LogP contribution is -1.97. The van der Waals surface area contributed by atoms with E-state index in [2.05, 4.69) is 25.9 Å². The van der Waals surface area contributed by atoms with Gasteiger partial charge in [0.1, 0.15) is 17.9 Å². The van der Waals surface area contributed by atoms with Gasteiger partial charge in [-0.3, -0.25) is 4.98 Å². The number of aromatic nitrogens is 2. The quantitative estimate of drug-likeness (QED) is 0.682. The zero-order chi connectivity index (χ0) is 15.0. The number of benzene rings is 1. The molecule has 0 spiro atoms. The summed E-state index contributed by atoms with van der Waals surface area (Å²) in [5.41, 5.74) is 4.88. The Hall–Kier alpha value is -1.59. The lowest BCUT2D eigenvalue weighted by molar-refractivity contribution is 0.307. The van der Waals surface area contributed by atoms with E-state index in [0.29, 0.717) is 6.61 Å². The Morgan fingerprint density at radius 2 is 1.91 bits per heavy atom. The van der Waals surface area contributed by atoms with Crippen LogP contribution < -0.4 is 4.74 Å². The van der Waals surface area contributed by atoms with Gasteiger partial charge in [-0.25, -0.2) is 4.39 Å². The maximum Gasteiger partial charge on any atom is 0.161 e. The highest BCUT2D eigenvalue weighted by molar-refractivity contribution is 9.10. The molecule has 0 atom stereocenters. The Kier molecular flexibility index (Phi) is 5.08. The molecule has 0 saturated carbocycles.